The summed E-state index contributed by atoms with van der Waals surface area (Å²) in [5.74, 6) is 0. The first-order valence-corrected chi connectivity index (χ1v) is 5.52. The minimum atomic E-state index is -3.40. The second-order valence-electron chi connectivity index (χ2n) is 2.17. The molecular formula is C6H6BClO2S. The average molecular weight is 188 g/mol. The zero-order valence-corrected chi connectivity index (χ0v) is 7.27. The predicted molar refractivity (Wildman–Crippen MR) is 48.0 cm³/mol. The van der Waals surface area contributed by atoms with Crippen molar-refractivity contribution in [2.24, 2.45) is 0 Å². The molecule has 1 rings (SSSR count). The van der Waals surface area contributed by atoms with Crippen LogP contribution in [0.5, 0.6) is 0 Å². The molecule has 0 amide bonds. The lowest BCUT2D eigenvalue weighted by Crippen LogP contribution is -2.19. The Hall–Kier alpha value is -0.475. The normalized spacial score (nSPS) is 11.0. The lowest BCUT2D eigenvalue weighted by atomic mass is 9.95. The number of benzene rings is 1. The highest BCUT2D eigenvalue weighted by Crippen LogP contribution is 1.93. The lowest BCUT2D eigenvalue weighted by Gasteiger charge is -1.92. The largest absolute Gasteiger partial charge is 0.326 e. The Bertz CT molecular complexity index is 322. The highest BCUT2D eigenvalue weighted by atomic mass is 35.7. The summed E-state index contributed by atoms with van der Waals surface area (Å²) in [4.78, 5) is 0. The van der Waals surface area contributed by atoms with Crippen LogP contribution in [-0.2, 0) is 8.90 Å². The molecule has 0 unspecified atom stereocenters. The van der Waals surface area contributed by atoms with E-state index in [9.17, 15) is 8.42 Å². The maximum atomic E-state index is 10.6. The molecule has 0 radical (unpaired) electrons. The van der Waals surface area contributed by atoms with Gasteiger partial charge in [0.05, 0.1) is 0 Å². The van der Waals surface area contributed by atoms with Crippen LogP contribution in [0.4, 0.5) is 0 Å². The van der Waals surface area contributed by atoms with Gasteiger partial charge < -0.3 is 0 Å². The van der Waals surface area contributed by atoms with Crippen LogP contribution in [0.25, 0.3) is 0 Å². The Kier molecular flexibility index (Phi) is 2.57. The highest BCUT2D eigenvalue weighted by molar-refractivity contribution is 8.33. The Morgan fingerprint density at radius 1 is 1.18 bits per heavy atom. The van der Waals surface area contributed by atoms with Gasteiger partial charge in [-0.2, -0.15) is 0 Å². The summed E-state index contributed by atoms with van der Waals surface area (Å²) >= 11 is 0. The van der Waals surface area contributed by atoms with Crippen molar-refractivity contribution in [3.63, 3.8) is 0 Å². The summed E-state index contributed by atoms with van der Waals surface area (Å²) in [6.45, 7) is -0.102. The van der Waals surface area contributed by atoms with Crippen molar-refractivity contribution >= 4 is 31.6 Å². The van der Waals surface area contributed by atoms with E-state index < -0.39 is 8.90 Å². The summed E-state index contributed by atoms with van der Waals surface area (Å²) in [6.07, 6.45) is 0. The maximum Gasteiger partial charge on any atom is 0.326 e. The number of halogens is 1. The van der Waals surface area contributed by atoms with Crippen LogP contribution in [0.15, 0.2) is 30.3 Å². The van der Waals surface area contributed by atoms with Crippen molar-refractivity contribution in [1.82, 2.24) is 0 Å². The van der Waals surface area contributed by atoms with Crippen molar-refractivity contribution < 1.29 is 8.42 Å². The van der Waals surface area contributed by atoms with Gasteiger partial charge in [0, 0.05) is 10.7 Å². The van der Waals surface area contributed by atoms with E-state index in [1.807, 2.05) is 6.07 Å². The van der Waals surface area contributed by atoms with Crippen molar-refractivity contribution in [3.8, 4) is 0 Å². The molecule has 0 bridgehead atoms. The van der Waals surface area contributed by atoms with Crippen LogP contribution >= 0.6 is 10.7 Å². The molecule has 0 N–H and O–H groups in total. The Morgan fingerprint density at radius 2 is 1.73 bits per heavy atom. The molecule has 0 spiro atoms. The van der Waals surface area contributed by atoms with Crippen LogP contribution < -0.4 is 5.46 Å². The first kappa shape index (κ1) is 8.62. The molecule has 0 saturated carbocycles. The minimum absolute atomic E-state index is 0.102. The molecule has 0 aliphatic rings. The van der Waals surface area contributed by atoms with E-state index in [0.717, 1.165) is 0 Å². The van der Waals surface area contributed by atoms with E-state index in [2.05, 4.69) is 0 Å². The SMILES string of the molecule is O=S(=O)(Cl)Bc1ccccc1. The standard InChI is InChI=1S/C6H6BClO2S/c8-11(9,10)7-6-4-2-1-3-5-6/h1-5,7H. The van der Waals surface area contributed by atoms with Crippen molar-refractivity contribution in [3.05, 3.63) is 30.3 Å². The Morgan fingerprint density at radius 3 is 2.18 bits per heavy atom. The van der Waals surface area contributed by atoms with Gasteiger partial charge in [-0.15, -0.1) is 0 Å². The van der Waals surface area contributed by atoms with E-state index in [1.54, 1.807) is 24.3 Å². The third-order valence-electron chi connectivity index (χ3n) is 1.18. The van der Waals surface area contributed by atoms with Crippen LogP contribution in [0.3, 0.4) is 0 Å². The summed E-state index contributed by atoms with van der Waals surface area (Å²) in [5.41, 5.74) is 0.711. The molecule has 0 aliphatic carbocycles. The van der Waals surface area contributed by atoms with Gasteiger partial charge in [0.15, 0.2) is 8.90 Å². The number of rotatable bonds is 2. The molecule has 0 fully saturated rings. The third-order valence-corrected chi connectivity index (χ3v) is 2.19. The van der Waals surface area contributed by atoms with Crippen molar-refractivity contribution in [1.29, 1.82) is 0 Å². The molecular weight excluding hydrogens is 182 g/mol. The summed E-state index contributed by atoms with van der Waals surface area (Å²) < 4.78 is 21.1. The van der Waals surface area contributed by atoms with E-state index >= 15 is 0 Å². The fourth-order valence-corrected chi connectivity index (χ4v) is 1.74. The summed E-state index contributed by atoms with van der Waals surface area (Å²) in [7, 11) is 1.63. The second-order valence-corrected chi connectivity index (χ2v) is 4.95. The van der Waals surface area contributed by atoms with Crippen LogP contribution in [0.1, 0.15) is 0 Å². The smallest absolute Gasteiger partial charge is 0.225 e. The second kappa shape index (κ2) is 3.28. The molecule has 0 aliphatic heterocycles. The zero-order valence-electron chi connectivity index (χ0n) is 5.70. The molecule has 5 heteroatoms. The molecule has 1 aromatic rings. The van der Waals surface area contributed by atoms with Gasteiger partial charge in [-0.3, -0.25) is 0 Å². The van der Waals surface area contributed by atoms with Gasteiger partial charge in [-0.05, 0) is 0 Å². The molecule has 2 nitrogen and oxygen atoms in total. The van der Waals surface area contributed by atoms with Gasteiger partial charge in [-0.1, -0.05) is 35.8 Å². The molecule has 11 heavy (non-hydrogen) atoms. The average Bonchev–Trinajstić information content (AvgIpc) is 1.85. The van der Waals surface area contributed by atoms with Gasteiger partial charge in [0.25, 0.3) is 0 Å². The van der Waals surface area contributed by atoms with E-state index in [1.165, 1.54) is 0 Å². The first-order valence-electron chi connectivity index (χ1n) is 3.04. The van der Waals surface area contributed by atoms with E-state index in [-0.39, 0.29) is 6.56 Å². The van der Waals surface area contributed by atoms with Crippen LogP contribution in [-0.4, -0.2) is 15.0 Å². The van der Waals surface area contributed by atoms with Crippen LogP contribution in [0.2, 0.25) is 0 Å². The molecule has 0 saturated heterocycles. The van der Waals surface area contributed by atoms with Gasteiger partial charge in [0.2, 0.25) is 0 Å². The van der Waals surface area contributed by atoms with Gasteiger partial charge >= 0.3 is 6.56 Å². The van der Waals surface area contributed by atoms with Crippen molar-refractivity contribution in [2.75, 3.05) is 0 Å². The molecule has 0 aromatic heterocycles. The monoisotopic (exact) mass is 188 g/mol. The number of hydrogen-bond acceptors (Lipinski definition) is 2. The van der Waals surface area contributed by atoms with Crippen molar-refractivity contribution in [2.45, 2.75) is 0 Å². The van der Waals surface area contributed by atoms with E-state index in [0.29, 0.717) is 5.46 Å². The summed E-state index contributed by atoms with van der Waals surface area (Å²) in [6, 6.07) is 8.82. The fourth-order valence-electron chi connectivity index (χ4n) is 0.773. The Balaban J connectivity index is 2.82. The molecule has 0 atom stereocenters. The number of hydrogen-bond donors (Lipinski definition) is 0. The Labute approximate surface area is 70.7 Å². The molecule has 58 valence electrons. The third kappa shape index (κ3) is 3.44. The highest BCUT2D eigenvalue weighted by Gasteiger charge is 2.09. The molecule has 0 heterocycles. The topological polar surface area (TPSA) is 34.1 Å². The van der Waals surface area contributed by atoms with Gasteiger partial charge in [-0.25, -0.2) is 8.42 Å². The lowest BCUT2D eigenvalue weighted by molar-refractivity contribution is 0.621. The quantitative estimate of drug-likeness (QED) is 0.492. The predicted octanol–water partition coefficient (Wildman–Crippen LogP) is 0.232. The van der Waals surface area contributed by atoms with E-state index in [4.69, 9.17) is 10.7 Å². The summed E-state index contributed by atoms with van der Waals surface area (Å²) in [5, 5.41) is 0. The zero-order chi connectivity index (χ0) is 8.32. The minimum Gasteiger partial charge on any atom is -0.225 e. The fraction of sp³-hybridized carbons (Fsp3) is 0. The molecule has 1 aromatic carbocycles. The first-order chi connectivity index (χ1) is 5.08. The maximum absolute atomic E-state index is 10.6. The van der Waals surface area contributed by atoms with Gasteiger partial charge in [0.1, 0.15) is 0 Å². The van der Waals surface area contributed by atoms with Crippen LogP contribution in [0, 0.1) is 0 Å².